The summed E-state index contributed by atoms with van der Waals surface area (Å²) in [7, 11) is 1.80. The van der Waals surface area contributed by atoms with Crippen molar-refractivity contribution in [1.82, 2.24) is 20.4 Å². The molecular weight excluding hydrogens is 292 g/mol. The molecule has 6 nitrogen and oxygen atoms in total. The Bertz CT molecular complexity index is 515. The molecule has 0 spiro atoms. The van der Waals surface area contributed by atoms with E-state index in [4.69, 9.17) is 0 Å². The predicted molar refractivity (Wildman–Crippen MR) is 89.9 cm³/mol. The van der Waals surface area contributed by atoms with E-state index < -0.39 is 0 Å². The summed E-state index contributed by atoms with van der Waals surface area (Å²) in [5.74, 6) is 0.00914. The number of carbonyl (C=O) groups is 2. The summed E-state index contributed by atoms with van der Waals surface area (Å²) in [5.41, 5.74) is 1.07. The van der Waals surface area contributed by atoms with E-state index in [1.54, 1.807) is 11.9 Å². The lowest BCUT2D eigenvalue weighted by Gasteiger charge is -2.29. The third-order valence-electron chi connectivity index (χ3n) is 3.97. The van der Waals surface area contributed by atoms with Crippen molar-refractivity contribution >= 4 is 11.8 Å². The lowest BCUT2D eigenvalue weighted by molar-refractivity contribution is -0.133. The standard InChI is InChI=1S/C17H26N4O2/c1-14(15-6-4-3-5-7-15)19-16(22)12-20(2)13-17(23)21-10-8-18-9-11-21/h3-7,14,18H,8-13H2,1-2H3,(H,19,22). The fourth-order valence-corrected chi connectivity index (χ4v) is 2.66. The summed E-state index contributed by atoms with van der Waals surface area (Å²) >= 11 is 0. The van der Waals surface area contributed by atoms with Gasteiger partial charge in [0.15, 0.2) is 0 Å². The Labute approximate surface area is 137 Å². The van der Waals surface area contributed by atoms with E-state index in [-0.39, 0.29) is 30.9 Å². The Morgan fingerprint density at radius 1 is 1.22 bits per heavy atom. The minimum Gasteiger partial charge on any atom is -0.348 e. The van der Waals surface area contributed by atoms with Gasteiger partial charge in [-0.15, -0.1) is 0 Å². The second kappa shape index (κ2) is 8.64. The zero-order valence-corrected chi connectivity index (χ0v) is 13.9. The van der Waals surface area contributed by atoms with Crippen LogP contribution >= 0.6 is 0 Å². The number of likely N-dealkylation sites (N-methyl/N-ethyl adjacent to an activating group) is 1. The zero-order valence-electron chi connectivity index (χ0n) is 13.9. The maximum Gasteiger partial charge on any atom is 0.236 e. The molecule has 1 aliphatic rings. The molecular formula is C17H26N4O2. The van der Waals surface area contributed by atoms with Crippen molar-refractivity contribution in [3.05, 3.63) is 35.9 Å². The van der Waals surface area contributed by atoms with Gasteiger partial charge in [-0.2, -0.15) is 0 Å². The molecule has 6 heteroatoms. The van der Waals surface area contributed by atoms with E-state index in [1.807, 2.05) is 42.2 Å². The zero-order chi connectivity index (χ0) is 16.7. The van der Waals surface area contributed by atoms with Gasteiger partial charge in [-0.1, -0.05) is 30.3 Å². The summed E-state index contributed by atoms with van der Waals surface area (Å²) in [6, 6.07) is 9.80. The smallest absolute Gasteiger partial charge is 0.236 e. The molecule has 0 aromatic heterocycles. The van der Waals surface area contributed by atoms with Crippen LogP contribution in [0, 0.1) is 0 Å². The molecule has 126 valence electrons. The first kappa shape index (κ1) is 17.4. The van der Waals surface area contributed by atoms with Crippen LogP contribution in [0.4, 0.5) is 0 Å². The van der Waals surface area contributed by atoms with E-state index in [0.717, 1.165) is 31.7 Å². The van der Waals surface area contributed by atoms with Crippen molar-refractivity contribution in [2.45, 2.75) is 13.0 Å². The molecule has 0 aliphatic carbocycles. The highest BCUT2D eigenvalue weighted by Crippen LogP contribution is 2.10. The van der Waals surface area contributed by atoms with Crippen LogP contribution < -0.4 is 10.6 Å². The highest BCUT2D eigenvalue weighted by molar-refractivity contribution is 5.81. The largest absolute Gasteiger partial charge is 0.348 e. The normalized spacial score (nSPS) is 16.2. The van der Waals surface area contributed by atoms with Crippen LogP contribution in [0.5, 0.6) is 0 Å². The Morgan fingerprint density at radius 2 is 1.87 bits per heavy atom. The predicted octanol–water partition coefficient (Wildman–Crippen LogP) is 0.227. The van der Waals surface area contributed by atoms with Gasteiger partial charge in [0.25, 0.3) is 0 Å². The third-order valence-corrected chi connectivity index (χ3v) is 3.97. The average molecular weight is 318 g/mol. The van der Waals surface area contributed by atoms with Gasteiger partial charge in [-0.05, 0) is 19.5 Å². The molecule has 2 N–H and O–H groups in total. The number of hydrogen-bond donors (Lipinski definition) is 2. The lowest BCUT2D eigenvalue weighted by Crippen LogP contribution is -2.50. The van der Waals surface area contributed by atoms with E-state index in [9.17, 15) is 9.59 Å². The molecule has 1 fully saturated rings. The van der Waals surface area contributed by atoms with Crippen LogP contribution in [0.3, 0.4) is 0 Å². The Balaban J connectivity index is 1.74. The highest BCUT2D eigenvalue weighted by Gasteiger charge is 2.19. The monoisotopic (exact) mass is 318 g/mol. The SMILES string of the molecule is CC(NC(=O)CN(C)CC(=O)N1CCNCC1)c1ccccc1. The van der Waals surface area contributed by atoms with E-state index in [1.165, 1.54) is 0 Å². The Morgan fingerprint density at radius 3 is 2.52 bits per heavy atom. The highest BCUT2D eigenvalue weighted by atomic mass is 16.2. The molecule has 1 unspecified atom stereocenters. The van der Waals surface area contributed by atoms with Crippen molar-refractivity contribution in [2.75, 3.05) is 46.3 Å². The third kappa shape index (κ3) is 5.65. The molecule has 1 aliphatic heterocycles. The number of carbonyl (C=O) groups excluding carboxylic acids is 2. The molecule has 0 saturated carbocycles. The lowest BCUT2D eigenvalue weighted by atomic mass is 10.1. The van der Waals surface area contributed by atoms with Gasteiger partial charge in [0.1, 0.15) is 0 Å². The molecule has 1 aromatic carbocycles. The molecule has 1 atom stereocenters. The van der Waals surface area contributed by atoms with Crippen molar-refractivity contribution in [3.8, 4) is 0 Å². The van der Waals surface area contributed by atoms with Crippen LogP contribution in [0.2, 0.25) is 0 Å². The quantitative estimate of drug-likeness (QED) is 0.788. The van der Waals surface area contributed by atoms with Gasteiger partial charge >= 0.3 is 0 Å². The summed E-state index contributed by atoms with van der Waals surface area (Å²) in [5, 5.41) is 6.19. The summed E-state index contributed by atoms with van der Waals surface area (Å²) in [6.07, 6.45) is 0. The summed E-state index contributed by atoms with van der Waals surface area (Å²) in [6.45, 7) is 5.60. The Hall–Kier alpha value is -1.92. The van der Waals surface area contributed by atoms with E-state index in [2.05, 4.69) is 10.6 Å². The maximum absolute atomic E-state index is 12.2. The molecule has 2 amide bonds. The minimum absolute atomic E-state index is 0.0408. The molecule has 1 heterocycles. The topological polar surface area (TPSA) is 64.7 Å². The number of amides is 2. The summed E-state index contributed by atoms with van der Waals surface area (Å²) in [4.78, 5) is 27.9. The van der Waals surface area contributed by atoms with Crippen molar-refractivity contribution in [1.29, 1.82) is 0 Å². The van der Waals surface area contributed by atoms with Crippen molar-refractivity contribution in [3.63, 3.8) is 0 Å². The van der Waals surface area contributed by atoms with E-state index >= 15 is 0 Å². The average Bonchev–Trinajstić information content (AvgIpc) is 2.56. The first-order valence-electron chi connectivity index (χ1n) is 8.07. The second-order valence-electron chi connectivity index (χ2n) is 6.00. The fourth-order valence-electron chi connectivity index (χ4n) is 2.66. The van der Waals surface area contributed by atoms with Gasteiger partial charge < -0.3 is 15.5 Å². The summed E-state index contributed by atoms with van der Waals surface area (Å²) < 4.78 is 0. The van der Waals surface area contributed by atoms with Gasteiger partial charge in [-0.3, -0.25) is 14.5 Å². The van der Waals surface area contributed by atoms with Crippen LogP contribution in [0.15, 0.2) is 30.3 Å². The molecule has 1 aromatic rings. The van der Waals surface area contributed by atoms with Gasteiger partial charge in [0, 0.05) is 26.2 Å². The first-order chi connectivity index (χ1) is 11.1. The number of nitrogens with one attached hydrogen (secondary N) is 2. The molecule has 0 radical (unpaired) electrons. The van der Waals surface area contributed by atoms with Crippen molar-refractivity contribution < 1.29 is 9.59 Å². The van der Waals surface area contributed by atoms with Crippen molar-refractivity contribution in [2.24, 2.45) is 0 Å². The maximum atomic E-state index is 12.2. The molecule has 23 heavy (non-hydrogen) atoms. The van der Waals surface area contributed by atoms with Gasteiger partial charge in [-0.25, -0.2) is 0 Å². The Kier molecular flexibility index (Phi) is 6.55. The second-order valence-corrected chi connectivity index (χ2v) is 6.00. The van der Waals surface area contributed by atoms with Gasteiger partial charge in [0.2, 0.25) is 11.8 Å². The number of piperazine rings is 1. The number of nitrogens with zero attached hydrogens (tertiary/aromatic N) is 2. The molecule has 1 saturated heterocycles. The first-order valence-corrected chi connectivity index (χ1v) is 8.07. The molecule has 2 rings (SSSR count). The van der Waals surface area contributed by atoms with Crippen LogP contribution in [0.1, 0.15) is 18.5 Å². The fraction of sp³-hybridized carbons (Fsp3) is 0.529. The molecule has 0 bridgehead atoms. The number of hydrogen-bond acceptors (Lipinski definition) is 4. The number of rotatable bonds is 6. The van der Waals surface area contributed by atoms with E-state index in [0.29, 0.717) is 0 Å². The minimum atomic E-state index is -0.0723. The van der Waals surface area contributed by atoms with Crippen LogP contribution in [-0.4, -0.2) is 67.9 Å². The number of benzene rings is 1. The van der Waals surface area contributed by atoms with Crippen LogP contribution in [-0.2, 0) is 9.59 Å². The van der Waals surface area contributed by atoms with Crippen LogP contribution in [0.25, 0.3) is 0 Å². The van der Waals surface area contributed by atoms with Gasteiger partial charge in [0.05, 0.1) is 19.1 Å².